The van der Waals surface area contributed by atoms with Gasteiger partial charge in [0.25, 0.3) is 5.91 Å². The van der Waals surface area contributed by atoms with Crippen LogP contribution in [0, 0.1) is 0 Å². The number of carbonyl (C=O) groups is 3. The fourth-order valence-corrected chi connectivity index (χ4v) is 5.46. The number of hydrogen-bond acceptors (Lipinski definition) is 6. The van der Waals surface area contributed by atoms with Crippen molar-refractivity contribution in [3.8, 4) is 0 Å². The van der Waals surface area contributed by atoms with E-state index in [1.54, 1.807) is 86.6 Å². The van der Waals surface area contributed by atoms with Crippen molar-refractivity contribution in [2.75, 3.05) is 13.2 Å². The maximum absolute atomic E-state index is 12.8. The lowest BCUT2D eigenvalue weighted by atomic mass is 9.99. The van der Waals surface area contributed by atoms with Gasteiger partial charge in [0.1, 0.15) is 6.04 Å². The predicted molar refractivity (Wildman–Crippen MR) is 141 cm³/mol. The monoisotopic (exact) mass is 522 g/mol. The molecule has 0 fully saturated rings. The number of rotatable bonds is 13. The molecule has 9 heteroatoms. The molecular weight excluding hydrogens is 491 g/mol. The zero-order valence-corrected chi connectivity index (χ0v) is 21.8. The van der Waals surface area contributed by atoms with Crippen LogP contribution in [0.4, 0.5) is 0 Å². The van der Waals surface area contributed by atoms with Gasteiger partial charge in [0.2, 0.25) is 5.91 Å². The molecule has 3 N–H and O–H groups in total. The van der Waals surface area contributed by atoms with Crippen molar-refractivity contribution in [3.63, 3.8) is 0 Å². The number of ketones is 1. The minimum atomic E-state index is -3.27. The Labute approximate surface area is 216 Å². The highest BCUT2D eigenvalue weighted by Crippen LogP contribution is 2.51. The standard InChI is InChI=1S/C28H31N2O6P/c1-3-35-37(34,36-4-2)19-21-12-16-24(17-13-21)28(33)30-25(27(29)32)18-20-10-14-23(15-11-20)26(31)22-8-6-5-7-9-22/h5-17,25H,3-4,18-19H2,1-2H3,(H2,29,32)(H,30,33)/t25-/m1/s1. The summed E-state index contributed by atoms with van der Waals surface area (Å²) in [6.45, 7) is 4.01. The molecule has 0 unspecified atom stereocenters. The largest absolute Gasteiger partial charge is 0.368 e. The Kier molecular flexibility index (Phi) is 9.92. The van der Waals surface area contributed by atoms with E-state index in [1.807, 2.05) is 6.07 Å². The Bertz CT molecular complexity index is 1250. The zero-order valence-electron chi connectivity index (χ0n) is 20.9. The number of nitrogens with one attached hydrogen (secondary N) is 1. The minimum Gasteiger partial charge on any atom is -0.368 e. The van der Waals surface area contributed by atoms with Gasteiger partial charge in [0.15, 0.2) is 5.78 Å². The fraction of sp³-hybridized carbons (Fsp3) is 0.250. The van der Waals surface area contributed by atoms with Crippen molar-refractivity contribution >= 4 is 25.2 Å². The molecule has 194 valence electrons. The highest BCUT2D eigenvalue weighted by molar-refractivity contribution is 7.53. The summed E-state index contributed by atoms with van der Waals surface area (Å²) in [5.41, 5.74) is 8.41. The summed E-state index contributed by atoms with van der Waals surface area (Å²) < 4.78 is 23.4. The second-order valence-corrected chi connectivity index (χ2v) is 10.4. The van der Waals surface area contributed by atoms with Crippen LogP contribution >= 0.6 is 7.60 Å². The van der Waals surface area contributed by atoms with E-state index in [0.717, 1.165) is 5.56 Å². The van der Waals surface area contributed by atoms with E-state index in [1.165, 1.54) is 0 Å². The number of hydrogen-bond donors (Lipinski definition) is 2. The topological polar surface area (TPSA) is 125 Å². The normalized spacial score (nSPS) is 12.1. The average molecular weight is 523 g/mol. The second-order valence-electron chi connectivity index (χ2n) is 8.33. The average Bonchev–Trinajstić information content (AvgIpc) is 2.89. The molecule has 0 saturated heterocycles. The van der Waals surface area contributed by atoms with Gasteiger partial charge >= 0.3 is 7.60 Å². The first-order valence-electron chi connectivity index (χ1n) is 12.0. The SMILES string of the molecule is CCOP(=O)(Cc1ccc(C(=O)N[C@H](Cc2ccc(C(=O)c3ccccc3)cc2)C(N)=O)cc1)OCC. The van der Waals surface area contributed by atoms with Crippen LogP contribution < -0.4 is 11.1 Å². The fourth-order valence-electron chi connectivity index (χ4n) is 3.76. The van der Waals surface area contributed by atoms with Crippen molar-refractivity contribution in [2.24, 2.45) is 5.73 Å². The molecule has 8 nitrogen and oxygen atoms in total. The molecule has 3 aromatic rings. The van der Waals surface area contributed by atoms with Crippen LogP contribution in [0.25, 0.3) is 0 Å². The van der Waals surface area contributed by atoms with Crippen molar-refractivity contribution in [2.45, 2.75) is 32.5 Å². The van der Waals surface area contributed by atoms with Crippen LogP contribution in [-0.2, 0) is 31.0 Å². The molecule has 37 heavy (non-hydrogen) atoms. The van der Waals surface area contributed by atoms with Gasteiger partial charge in [0, 0.05) is 23.1 Å². The van der Waals surface area contributed by atoms with Gasteiger partial charge in [-0.05, 0) is 37.1 Å². The number of nitrogens with two attached hydrogens (primary N) is 1. The number of carbonyl (C=O) groups excluding carboxylic acids is 3. The van der Waals surface area contributed by atoms with E-state index in [9.17, 15) is 18.9 Å². The van der Waals surface area contributed by atoms with E-state index in [2.05, 4.69) is 5.32 Å². The third-order valence-electron chi connectivity index (χ3n) is 5.58. The summed E-state index contributed by atoms with van der Waals surface area (Å²) in [4.78, 5) is 37.4. The third kappa shape index (κ3) is 7.95. The molecule has 3 aromatic carbocycles. The molecule has 0 aliphatic carbocycles. The summed E-state index contributed by atoms with van der Waals surface area (Å²) in [5.74, 6) is -1.25. The quantitative estimate of drug-likeness (QED) is 0.251. The van der Waals surface area contributed by atoms with Crippen molar-refractivity contribution < 1.29 is 28.0 Å². The van der Waals surface area contributed by atoms with Gasteiger partial charge < -0.3 is 20.1 Å². The number of primary amides is 1. The Balaban J connectivity index is 1.64. The molecule has 0 heterocycles. The molecule has 0 bridgehead atoms. The predicted octanol–water partition coefficient (Wildman–Crippen LogP) is 4.51. The summed E-state index contributed by atoms with van der Waals surface area (Å²) >= 11 is 0. The van der Waals surface area contributed by atoms with Crippen molar-refractivity contribution in [3.05, 3.63) is 107 Å². The first-order chi connectivity index (χ1) is 17.7. The van der Waals surface area contributed by atoms with Gasteiger partial charge in [-0.25, -0.2) is 0 Å². The second kappa shape index (κ2) is 13.1. The molecule has 2 amide bonds. The van der Waals surface area contributed by atoms with E-state index in [4.69, 9.17) is 14.8 Å². The summed E-state index contributed by atoms with van der Waals surface area (Å²) in [6, 6.07) is 21.3. The highest BCUT2D eigenvalue weighted by Gasteiger charge is 2.24. The van der Waals surface area contributed by atoms with Crippen LogP contribution in [0.1, 0.15) is 51.3 Å². The molecule has 0 aliphatic rings. The number of amides is 2. The lowest BCUT2D eigenvalue weighted by Crippen LogP contribution is -2.45. The van der Waals surface area contributed by atoms with Gasteiger partial charge in [0.05, 0.1) is 19.4 Å². The molecule has 0 radical (unpaired) electrons. The van der Waals surface area contributed by atoms with Crippen molar-refractivity contribution in [1.29, 1.82) is 0 Å². The smallest absolute Gasteiger partial charge is 0.335 e. The Morgan fingerprint density at radius 2 is 1.30 bits per heavy atom. The van der Waals surface area contributed by atoms with Gasteiger partial charge in [-0.1, -0.05) is 66.7 Å². The lowest BCUT2D eigenvalue weighted by Gasteiger charge is -2.18. The van der Waals surface area contributed by atoms with E-state index < -0.39 is 25.5 Å². The first kappa shape index (κ1) is 28.0. The third-order valence-corrected chi connectivity index (χ3v) is 7.64. The van der Waals surface area contributed by atoms with E-state index in [0.29, 0.717) is 22.3 Å². The number of benzene rings is 3. The van der Waals surface area contributed by atoms with Crippen LogP contribution in [0.3, 0.4) is 0 Å². The Morgan fingerprint density at radius 1 is 0.784 bits per heavy atom. The van der Waals surface area contributed by atoms with Crippen LogP contribution in [0.5, 0.6) is 0 Å². The first-order valence-corrected chi connectivity index (χ1v) is 13.7. The molecule has 0 saturated carbocycles. The Morgan fingerprint density at radius 3 is 1.84 bits per heavy atom. The molecule has 0 aliphatic heterocycles. The molecular formula is C28H31N2O6P. The van der Waals surface area contributed by atoms with Gasteiger partial charge in [-0.3, -0.25) is 18.9 Å². The van der Waals surface area contributed by atoms with Gasteiger partial charge in [-0.15, -0.1) is 0 Å². The van der Waals surface area contributed by atoms with Crippen LogP contribution in [-0.4, -0.2) is 36.9 Å². The lowest BCUT2D eigenvalue weighted by molar-refractivity contribution is -0.119. The maximum Gasteiger partial charge on any atom is 0.335 e. The van der Waals surface area contributed by atoms with Gasteiger partial charge in [-0.2, -0.15) is 0 Å². The molecule has 0 aromatic heterocycles. The molecule has 0 spiro atoms. The summed E-state index contributed by atoms with van der Waals surface area (Å²) in [5, 5.41) is 2.67. The van der Waals surface area contributed by atoms with E-state index >= 15 is 0 Å². The van der Waals surface area contributed by atoms with Crippen LogP contribution in [0.15, 0.2) is 78.9 Å². The molecule has 3 rings (SSSR count). The molecule has 1 atom stereocenters. The minimum absolute atomic E-state index is 0.0866. The zero-order chi connectivity index (χ0) is 26.8. The summed E-state index contributed by atoms with van der Waals surface area (Å²) in [6.07, 6.45) is 0.258. The van der Waals surface area contributed by atoms with Crippen LogP contribution in [0.2, 0.25) is 0 Å². The maximum atomic E-state index is 12.8. The Hall–Kier alpha value is -3.58. The van der Waals surface area contributed by atoms with E-state index in [-0.39, 0.29) is 31.6 Å². The highest BCUT2D eigenvalue weighted by atomic mass is 31.2. The summed E-state index contributed by atoms with van der Waals surface area (Å²) in [7, 11) is -3.27. The van der Waals surface area contributed by atoms with Crippen molar-refractivity contribution in [1.82, 2.24) is 5.32 Å².